The van der Waals surface area contributed by atoms with Crippen molar-refractivity contribution in [3.8, 4) is 5.75 Å². The Balaban J connectivity index is 1.65. The van der Waals surface area contributed by atoms with Gasteiger partial charge in [-0.25, -0.2) is 8.78 Å². The van der Waals surface area contributed by atoms with Crippen LogP contribution in [0.5, 0.6) is 5.75 Å². The van der Waals surface area contributed by atoms with Crippen molar-refractivity contribution in [1.29, 1.82) is 0 Å². The molecule has 1 atom stereocenters. The summed E-state index contributed by atoms with van der Waals surface area (Å²) in [6, 6.07) is 9.25. The average molecular weight is 268 g/mol. The van der Waals surface area contributed by atoms with Crippen LogP contribution in [0.25, 0.3) is 0 Å². The molecule has 0 spiro atoms. The van der Waals surface area contributed by atoms with Gasteiger partial charge in [-0.05, 0) is 24.5 Å². The van der Waals surface area contributed by atoms with E-state index in [0.717, 1.165) is 5.75 Å². The number of Topliss-reactive ketones (excluding diaryl/α,β-unsaturated/α-hetero) is 1. The van der Waals surface area contributed by atoms with Gasteiger partial charge in [0, 0.05) is 25.7 Å². The molecule has 1 aromatic rings. The van der Waals surface area contributed by atoms with Crippen LogP contribution < -0.4 is 4.74 Å². The number of ketones is 1. The fourth-order valence-corrected chi connectivity index (χ4v) is 2.44. The van der Waals surface area contributed by atoms with Crippen LogP contribution in [0.3, 0.4) is 0 Å². The molecule has 2 rings (SSSR count). The zero-order valence-corrected chi connectivity index (χ0v) is 10.8. The smallest absolute Gasteiger partial charge is 0.248 e. The predicted octanol–water partition coefficient (Wildman–Crippen LogP) is 3.85. The minimum absolute atomic E-state index is 0.0126. The number of ether oxygens (including phenoxy) is 1. The van der Waals surface area contributed by atoms with Crippen LogP contribution in [0.4, 0.5) is 8.78 Å². The second kappa shape index (κ2) is 6.13. The molecule has 4 heteroatoms. The fourth-order valence-electron chi connectivity index (χ4n) is 2.44. The van der Waals surface area contributed by atoms with Gasteiger partial charge in [-0.1, -0.05) is 18.2 Å². The van der Waals surface area contributed by atoms with Gasteiger partial charge >= 0.3 is 0 Å². The zero-order valence-electron chi connectivity index (χ0n) is 10.8. The fraction of sp³-hybridized carbons (Fsp3) is 0.533. The summed E-state index contributed by atoms with van der Waals surface area (Å²) in [7, 11) is 0. The standard InChI is InChI=1S/C15H18F2O2/c16-15(17)8-6-12(11-15)10-13(18)7-9-19-14-4-2-1-3-5-14/h1-5,12H,6-11H2. The van der Waals surface area contributed by atoms with Gasteiger partial charge in [-0.2, -0.15) is 0 Å². The first-order valence-corrected chi connectivity index (χ1v) is 6.62. The third-order valence-electron chi connectivity index (χ3n) is 3.41. The van der Waals surface area contributed by atoms with E-state index in [0.29, 0.717) is 13.0 Å². The number of hydrogen-bond acceptors (Lipinski definition) is 2. The van der Waals surface area contributed by atoms with Gasteiger partial charge in [-0.15, -0.1) is 0 Å². The Bertz CT molecular complexity index is 417. The van der Waals surface area contributed by atoms with Crippen LogP contribution in [-0.2, 0) is 4.79 Å². The van der Waals surface area contributed by atoms with Crippen molar-refractivity contribution in [2.75, 3.05) is 6.61 Å². The molecule has 104 valence electrons. The molecule has 0 amide bonds. The van der Waals surface area contributed by atoms with Gasteiger partial charge in [0.2, 0.25) is 5.92 Å². The molecule has 0 heterocycles. The predicted molar refractivity (Wildman–Crippen MR) is 68.5 cm³/mol. The molecule has 0 aromatic heterocycles. The molecule has 0 bridgehead atoms. The van der Waals surface area contributed by atoms with Gasteiger partial charge in [0.1, 0.15) is 11.5 Å². The maximum absolute atomic E-state index is 13.0. The van der Waals surface area contributed by atoms with Crippen LogP contribution in [-0.4, -0.2) is 18.3 Å². The van der Waals surface area contributed by atoms with E-state index in [1.54, 1.807) is 0 Å². The molecule has 1 aromatic carbocycles. The third kappa shape index (κ3) is 4.62. The van der Waals surface area contributed by atoms with Crippen molar-refractivity contribution < 1.29 is 18.3 Å². The van der Waals surface area contributed by atoms with Gasteiger partial charge in [0.05, 0.1) is 6.61 Å². The van der Waals surface area contributed by atoms with Crippen molar-refractivity contribution in [2.45, 2.75) is 38.0 Å². The summed E-state index contributed by atoms with van der Waals surface area (Å²) in [5.41, 5.74) is 0. The van der Waals surface area contributed by atoms with Crippen molar-refractivity contribution in [2.24, 2.45) is 5.92 Å². The lowest BCUT2D eigenvalue weighted by molar-refractivity contribution is -0.120. The molecule has 19 heavy (non-hydrogen) atoms. The molecule has 0 saturated heterocycles. The van der Waals surface area contributed by atoms with Gasteiger partial charge in [0.15, 0.2) is 0 Å². The maximum atomic E-state index is 13.0. The molecule has 2 nitrogen and oxygen atoms in total. The molecule has 0 N–H and O–H groups in total. The summed E-state index contributed by atoms with van der Waals surface area (Å²) < 4.78 is 31.4. The van der Waals surface area contributed by atoms with Crippen molar-refractivity contribution >= 4 is 5.78 Å². The Morgan fingerprint density at radius 2 is 2.05 bits per heavy atom. The number of halogens is 2. The van der Waals surface area contributed by atoms with E-state index in [1.165, 1.54) is 0 Å². The number of para-hydroxylation sites is 1. The van der Waals surface area contributed by atoms with Gasteiger partial charge in [0.25, 0.3) is 0 Å². The first-order valence-electron chi connectivity index (χ1n) is 6.62. The minimum Gasteiger partial charge on any atom is -0.493 e. The molecule has 1 aliphatic carbocycles. The summed E-state index contributed by atoms with van der Waals surface area (Å²) in [6.07, 6.45) is 0.784. The Hall–Kier alpha value is -1.45. The zero-order chi connectivity index (χ0) is 13.7. The first kappa shape index (κ1) is 14.0. The Morgan fingerprint density at radius 3 is 2.68 bits per heavy atom. The molecule has 1 unspecified atom stereocenters. The van der Waals surface area contributed by atoms with Gasteiger partial charge in [-0.3, -0.25) is 4.79 Å². The highest BCUT2D eigenvalue weighted by molar-refractivity contribution is 5.78. The van der Waals surface area contributed by atoms with E-state index >= 15 is 0 Å². The normalized spacial score (nSPS) is 21.3. The average Bonchev–Trinajstić information content (AvgIpc) is 2.70. The van der Waals surface area contributed by atoms with Crippen LogP contribution >= 0.6 is 0 Å². The Kier molecular flexibility index (Phi) is 4.51. The molecule has 1 saturated carbocycles. The van der Waals surface area contributed by atoms with Crippen molar-refractivity contribution in [3.63, 3.8) is 0 Å². The van der Waals surface area contributed by atoms with Crippen LogP contribution in [0.1, 0.15) is 32.1 Å². The van der Waals surface area contributed by atoms with E-state index in [-0.39, 0.29) is 37.4 Å². The van der Waals surface area contributed by atoms with E-state index in [2.05, 4.69) is 0 Å². The highest BCUT2D eigenvalue weighted by Gasteiger charge is 2.39. The number of carbonyl (C=O) groups is 1. The summed E-state index contributed by atoms with van der Waals surface area (Å²) in [4.78, 5) is 11.7. The number of rotatable bonds is 6. The Morgan fingerprint density at radius 1 is 1.32 bits per heavy atom. The second-order valence-electron chi connectivity index (χ2n) is 5.12. The monoisotopic (exact) mass is 268 g/mol. The number of hydrogen-bond donors (Lipinski definition) is 0. The molecular formula is C15H18F2O2. The summed E-state index contributed by atoms with van der Waals surface area (Å²) in [5.74, 6) is -1.98. The SMILES string of the molecule is O=C(CCOc1ccccc1)CC1CCC(F)(F)C1. The summed E-state index contributed by atoms with van der Waals surface area (Å²) in [5, 5.41) is 0. The lowest BCUT2D eigenvalue weighted by Gasteiger charge is -2.10. The number of alkyl halides is 2. The van der Waals surface area contributed by atoms with Crippen LogP contribution in [0, 0.1) is 5.92 Å². The van der Waals surface area contributed by atoms with Crippen LogP contribution in [0.2, 0.25) is 0 Å². The molecule has 1 aliphatic rings. The quantitative estimate of drug-likeness (QED) is 0.783. The lowest BCUT2D eigenvalue weighted by Crippen LogP contribution is -2.13. The number of benzene rings is 1. The van der Waals surface area contributed by atoms with Crippen molar-refractivity contribution in [3.05, 3.63) is 30.3 Å². The molecule has 1 fully saturated rings. The van der Waals surface area contributed by atoms with Gasteiger partial charge < -0.3 is 4.74 Å². The number of carbonyl (C=O) groups excluding carboxylic acids is 1. The van der Waals surface area contributed by atoms with E-state index in [4.69, 9.17) is 4.74 Å². The minimum atomic E-state index is -2.56. The van der Waals surface area contributed by atoms with E-state index in [9.17, 15) is 13.6 Å². The van der Waals surface area contributed by atoms with E-state index in [1.807, 2.05) is 30.3 Å². The lowest BCUT2D eigenvalue weighted by atomic mass is 9.99. The van der Waals surface area contributed by atoms with Crippen molar-refractivity contribution in [1.82, 2.24) is 0 Å². The molecule has 0 aliphatic heterocycles. The topological polar surface area (TPSA) is 26.3 Å². The second-order valence-corrected chi connectivity index (χ2v) is 5.12. The summed E-state index contributed by atoms with van der Waals surface area (Å²) >= 11 is 0. The maximum Gasteiger partial charge on any atom is 0.248 e. The Labute approximate surface area is 111 Å². The highest BCUT2D eigenvalue weighted by Crippen LogP contribution is 2.40. The van der Waals surface area contributed by atoms with E-state index < -0.39 is 5.92 Å². The first-order chi connectivity index (χ1) is 9.05. The molecular weight excluding hydrogens is 250 g/mol. The largest absolute Gasteiger partial charge is 0.493 e. The third-order valence-corrected chi connectivity index (χ3v) is 3.41. The summed E-state index contributed by atoms with van der Waals surface area (Å²) in [6.45, 7) is 0.311. The molecule has 0 radical (unpaired) electrons. The van der Waals surface area contributed by atoms with Crippen LogP contribution in [0.15, 0.2) is 30.3 Å². The highest BCUT2D eigenvalue weighted by atomic mass is 19.3.